The zero-order valence-corrected chi connectivity index (χ0v) is 14.1. The van der Waals surface area contributed by atoms with Crippen molar-refractivity contribution < 1.29 is 8.78 Å². The Morgan fingerprint density at radius 2 is 2.04 bits per heavy atom. The van der Waals surface area contributed by atoms with Crippen LogP contribution in [-0.2, 0) is 0 Å². The summed E-state index contributed by atoms with van der Waals surface area (Å²) in [6, 6.07) is 7.83. The molecule has 2 aromatic heterocycles. The summed E-state index contributed by atoms with van der Waals surface area (Å²) in [4.78, 5) is 6.59. The Kier molecular flexibility index (Phi) is 3.46. The lowest BCUT2D eigenvalue weighted by atomic mass is 9.81. The first kappa shape index (κ1) is 15.7. The topological polar surface area (TPSA) is 59.5 Å². The number of aromatic nitrogens is 3. The molecule has 0 amide bonds. The van der Waals surface area contributed by atoms with Crippen molar-refractivity contribution in [3.63, 3.8) is 0 Å². The zero-order valence-electron chi connectivity index (χ0n) is 14.1. The van der Waals surface area contributed by atoms with Crippen LogP contribution in [0, 0.1) is 11.6 Å². The van der Waals surface area contributed by atoms with Crippen molar-refractivity contribution >= 4 is 11.5 Å². The van der Waals surface area contributed by atoms with Gasteiger partial charge in [-0.15, -0.1) is 0 Å². The van der Waals surface area contributed by atoms with Crippen molar-refractivity contribution in [1.29, 1.82) is 0 Å². The molecule has 5 nitrogen and oxygen atoms in total. The molecule has 2 saturated heterocycles. The van der Waals surface area contributed by atoms with Gasteiger partial charge in [-0.05, 0) is 55.3 Å². The van der Waals surface area contributed by atoms with Crippen molar-refractivity contribution in [2.24, 2.45) is 0 Å². The van der Waals surface area contributed by atoms with Crippen LogP contribution in [0.2, 0.25) is 0 Å². The van der Waals surface area contributed by atoms with Crippen LogP contribution in [0.3, 0.4) is 0 Å². The van der Waals surface area contributed by atoms with Crippen molar-refractivity contribution in [3.05, 3.63) is 59.4 Å². The van der Waals surface area contributed by atoms with Gasteiger partial charge in [-0.25, -0.2) is 13.8 Å². The van der Waals surface area contributed by atoms with Crippen LogP contribution in [0.4, 0.5) is 14.6 Å². The number of rotatable bonds is 2. The number of anilines is 1. The lowest BCUT2D eigenvalue weighted by Gasteiger charge is -2.23. The van der Waals surface area contributed by atoms with Crippen LogP contribution in [0.15, 0.2) is 36.5 Å². The molecule has 2 fully saturated rings. The molecule has 2 aliphatic heterocycles. The Hall–Kier alpha value is -2.54. The first-order valence-corrected chi connectivity index (χ1v) is 8.91. The minimum absolute atomic E-state index is 0.000000000000000444. The van der Waals surface area contributed by atoms with Crippen LogP contribution >= 0.6 is 0 Å². The fourth-order valence-electron chi connectivity index (χ4n) is 4.70. The molecule has 0 bridgehead atoms. The maximum Gasteiger partial charge on any atom is 0.155 e. The van der Waals surface area contributed by atoms with Gasteiger partial charge in [-0.2, -0.15) is 9.61 Å². The molecular weight excluding hydrogens is 336 g/mol. The zero-order chi connectivity index (χ0) is 17.8. The molecule has 3 aromatic rings. The number of fused-ring (bicyclic) bond motifs is 2. The van der Waals surface area contributed by atoms with Gasteiger partial charge >= 0.3 is 0 Å². The minimum Gasteiger partial charge on any atom is -0.382 e. The average molecular weight is 355 g/mol. The number of hydrogen-bond acceptors (Lipinski definition) is 4. The third-order valence-electron chi connectivity index (χ3n) is 5.80. The Balaban J connectivity index is 1.64. The van der Waals surface area contributed by atoms with Gasteiger partial charge in [0.15, 0.2) is 5.65 Å². The van der Waals surface area contributed by atoms with E-state index in [0.29, 0.717) is 17.0 Å². The second kappa shape index (κ2) is 5.74. The van der Waals surface area contributed by atoms with E-state index in [1.165, 1.54) is 18.2 Å². The van der Waals surface area contributed by atoms with E-state index in [-0.39, 0.29) is 23.7 Å². The molecular formula is C19H19F2N5. The highest BCUT2D eigenvalue weighted by Crippen LogP contribution is 2.47. The summed E-state index contributed by atoms with van der Waals surface area (Å²) in [5.41, 5.74) is 7.93. The highest BCUT2D eigenvalue weighted by molar-refractivity contribution is 5.47. The predicted molar refractivity (Wildman–Crippen MR) is 93.8 cm³/mol. The van der Waals surface area contributed by atoms with E-state index in [1.54, 1.807) is 10.7 Å². The molecule has 0 aliphatic carbocycles. The molecule has 3 atom stereocenters. The van der Waals surface area contributed by atoms with Crippen LogP contribution < -0.4 is 5.73 Å². The number of nitrogens with zero attached hydrogens (tertiary/aromatic N) is 4. The van der Waals surface area contributed by atoms with E-state index < -0.39 is 5.82 Å². The molecule has 0 spiro atoms. The van der Waals surface area contributed by atoms with Gasteiger partial charge in [0.25, 0.3) is 0 Å². The van der Waals surface area contributed by atoms with Gasteiger partial charge in [0.05, 0.1) is 11.9 Å². The number of halogens is 2. The maximum absolute atomic E-state index is 14.5. The van der Waals surface area contributed by atoms with Gasteiger partial charge in [0.2, 0.25) is 0 Å². The molecule has 2 aliphatic rings. The van der Waals surface area contributed by atoms with E-state index in [4.69, 9.17) is 10.8 Å². The fraction of sp³-hybridized carbons (Fsp3) is 0.368. The summed E-state index contributed by atoms with van der Waals surface area (Å²) in [6.45, 7) is 1.71. The van der Waals surface area contributed by atoms with Crippen molar-refractivity contribution in [1.82, 2.24) is 19.5 Å². The largest absolute Gasteiger partial charge is 0.382 e. The van der Waals surface area contributed by atoms with E-state index in [1.807, 2.05) is 12.1 Å². The van der Waals surface area contributed by atoms with Gasteiger partial charge < -0.3 is 5.73 Å². The van der Waals surface area contributed by atoms with E-state index >= 15 is 0 Å². The summed E-state index contributed by atoms with van der Waals surface area (Å²) in [7, 11) is 0. The Labute approximate surface area is 149 Å². The van der Waals surface area contributed by atoms with Crippen LogP contribution in [0.1, 0.15) is 35.9 Å². The van der Waals surface area contributed by atoms with Crippen molar-refractivity contribution in [2.75, 3.05) is 18.8 Å². The number of nitrogens with two attached hydrogens (primary N) is 1. The van der Waals surface area contributed by atoms with Crippen molar-refractivity contribution in [2.45, 2.75) is 30.7 Å². The summed E-state index contributed by atoms with van der Waals surface area (Å²) in [5.74, 6) is -0.428. The molecule has 1 aromatic carbocycles. The number of imidazole rings is 1. The summed E-state index contributed by atoms with van der Waals surface area (Å²) < 4.78 is 29.9. The predicted octanol–water partition coefficient (Wildman–Crippen LogP) is 2.94. The number of nitrogen functional groups attached to an aromatic ring is 1. The van der Waals surface area contributed by atoms with E-state index in [0.717, 1.165) is 31.6 Å². The second-order valence-corrected chi connectivity index (χ2v) is 7.21. The SMILES string of the molecule is Nc1cnc2ccc([C@@H]3C(c4cc(F)ccc4F)CN4CCCC34)nn12. The third kappa shape index (κ3) is 2.30. The van der Waals surface area contributed by atoms with Crippen LogP contribution in [0.25, 0.3) is 5.65 Å². The normalized spacial score (nSPS) is 25.8. The summed E-state index contributed by atoms with van der Waals surface area (Å²) in [6.07, 6.45) is 3.73. The van der Waals surface area contributed by atoms with Crippen LogP contribution in [-0.4, -0.2) is 38.6 Å². The van der Waals surface area contributed by atoms with Gasteiger partial charge in [0, 0.05) is 24.4 Å². The quantitative estimate of drug-likeness (QED) is 0.768. The molecule has 0 saturated carbocycles. The van der Waals surface area contributed by atoms with E-state index in [2.05, 4.69) is 9.88 Å². The molecule has 26 heavy (non-hydrogen) atoms. The minimum atomic E-state index is -0.408. The highest BCUT2D eigenvalue weighted by atomic mass is 19.1. The molecule has 0 radical (unpaired) electrons. The van der Waals surface area contributed by atoms with Crippen LogP contribution in [0.5, 0.6) is 0 Å². The molecule has 134 valence electrons. The summed E-state index contributed by atoms with van der Waals surface area (Å²) >= 11 is 0. The maximum atomic E-state index is 14.5. The fourth-order valence-corrected chi connectivity index (χ4v) is 4.70. The first-order valence-electron chi connectivity index (χ1n) is 8.91. The standard InChI is InChI=1S/C19H19F2N5/c20-11-3-4-14(21)12(8-11)13-10-25-7-1-2-16(25)19(13)15-5-6-18-23-9-17(22)26(18)24-15/h3-6,8-9,13,16,19H,1-2,7,10,22H2/t13?,16?,19-/m0/s1. The van der Waals surface area contributed by atoms with E-state index in [9.17, 15) is 8.78 Å². The Morgan fingerprint density at radius 3 is 2.92 bits per heavy atom. The monoisotopic (exact) mass is 355 g/mol. The molecule has 5 rings (SSSR count). The van der Waals surface area contributed by atoms with Gasteiger partial charge in [0.1, 0.15) is 17.5 Å². The average Bonchev–Trinajstić information content (AvgIpc) is 3.31. The lowest BCUT2D eigenvalue weighted by Crippen LogP contribution is -2.25. The summed E-state index contributed by atoms with van der Waals surface area (Å²) in [5, 5.41) is 4.69. The van der Waals surface area contributed by atoms with Crippen molar-refractivity contribution in [3.8, 4) is 0 Å². The second-order valence-electron chi connectivity index (χ2n) is 7.21. The molecule has 2 unspecified atom stereocenters. The van der Waals surface area contributed by atoms with Gasteiger partial charge in [-0.3, -0.25) is 4.90 Å². The Morgan fingerprint density at radius 1 is 1.15 bits per heavy atom. The molecule has 4 heterocycles. The lowest BCUT2D eigenvalue weighted by molar-refractivity contribution is 0.311. The number of benzene rings is 1. The number of hydrogen-bond donors (Lipinski definition) is 1. The smallest absolute Gasteiger partial charge is 0.155 e. The highest BCUT2D eigenvalue weighted by Gasteiger charge is 2.46. The molecule has 7 heteroatoms. The third-order valence-corrected chi connectivity index (χ3v) is 5.80. The molecule has 2 N–H and O–H groups in total. The first-order chi connectivity index (χ1) is 12.6. The Bertz CT molecular complexity index is 985. The van der Waals surface area contributed by atoms with Gasteiger partial charge in [-0.1, -0.05) is 0 Å².